The fourth-order valence-electron chi connectivity index (χ4n) is 2.27. The van der Waals surface area contributed by atoms with Gasteiger partial charge >= 0.3 is 0 Å². The van der Waals surface area contributed by atoms with Crippen LogP contribution in [0, 0.1) is 6.92 Å². The summed E-state index contributed by atoms with van der Waals surface area (Å²) in [6.07, 6.45) is 1.95. The minimum atomic E-state index is 0.599. The predicted octanol–water partition coefficient (Wildman–Crippen LogP) is 2.37. The molecule has 1 aromatic carbocycles. The van der Waals surface area contributed by atoms with Gasteiger partial charge in [0.15, 0.2) is 11.5 Å². The molecule has 0 aliphatic heterocycles. The highest BCUT2D eigenvalue weighted by atomic mass is 16.5. The van der Waals surface area contributed by atoms with E-state index in [1.54, 1.807) is 26.0 Å². The fourth-order valence-corrected chi connectivity index (χ4v) is 2.27. The molecular formula is C15H21N3O3. The third kappa shape index (κ3) is 3.04. The van der Waals surface area contributed by atoms with E-state index in [-0.39, 0.29) is 0 Å². The lowest BCUT2D eigenvalue weighted by Gasteiger charge is -2.16. The van der Waals surface area contributed by atoms with E-state index < -0.39 is 0 Å². The molecule has 0 aliphatic rings. The van der Waals surface area contributed by atoms with E-state index >= 15 is 0 Å². The lowest BCUT2D eigenvalue weighted by Crippen LogP contribution is -2.04. The Morgan fingerprint density at radius 2 is 1.81 bits per heavy atom. The molecule has 0 bridgehead atoms. The number of aromatic nitrogens is 2. The monoisotopic (exact) mass is 291 g/mol. The van der Waals surface area contributed by atoms with Crippen LogP contribution in [0.1, 0.15) is 11.3 Å². The second-order valence-corrected chi connectivity index (χ2v) is 4.65. The van der Waals surface area contributed by atoms with E-state index in [1.165, 1.54) is 0 Å². The molecule has 0 fully saturated rings. The van der Waals surface area contributed by atoms with Gasteiger partial charge in [0.2, 0.25) is 5.75 Å². The van der Waals surface area contributed by atoms with Crippen LogP contribution in [0.25, 0.3) is 0 Å². The van der Waals surface area contributed by atoms with Crippen molar-refractivity contribution < 1.29 is 14.2 Å². The maximum Gasteiger partial charge on any atom is 0.203 e. The van der Waals surface area contributed by atoms with Gasteiger partial charge in [-0.05, 0) is 19.1 Å². The highest BCUT2D eigenvalue weighted by Crippen LogP contribution is 2.39. The summed E-state index contributed by atoms with van der Waals surface area (Å²) < 4.78 is 17.9. The zero-order valence-electron chi connectivity index (χ0n) is 13.1. The summed E-state index contributed by atoms with van der Waals surface area (Å²) in [5.74, 6) is 1.92. The lowest BCUT2D eigenvalue weighted by atomic mass is 10.1. The molecule has 0 spiro atoms. The van der Waals surface area contributed by atoms with Gasteiger partial charge < -0.3 is 19.5 Å². The van der Waals surface area contributed by atoms with E-state index in [4.69, 9.17) is 14.2 Å². The number of nitrogens with zero attached hydrogens (tertiary/aromatic N) is 2. The molecule has 6 heteroatoms. The Bertz CT molecular complexity index is 623. The molecule has 2 aromatic rings. The molecule has 114 valence electrons. The standard InChI is InChI=1S/C15H21N3O3/c1-10-12(9-18(2)17-10)16-8-11-6-7-13(19-3)15(21-5)14(11)20-4/h6-7,9,16H,8H2,1-5H3. The van der Waals surface area contributed by atoms with E-state index in [2.05, 4.69) is 10.4 Å². The molecule has 6 nitrogen and oxygen atoms in total. The number of methoxy groups -OCH3 is 3. The SMILES string of the molecule is COc1ccc(CNc2cn(C)nc2C)c(OC)c1OC. The summed E-state index contributed by atoms with van der Waals surface area (Å²) in [5, 5.41) is 7.66. The molecule has 21 heavy (non-hydrogen) atoms. The highest BCUT2D eigenvalue weighted by Gasteiger charge is 2.15. The van der Waals surface area contributed by atoms with Crippen molar-refractivity contribution in [1.82, 2.24) is 9.78 Å². The van der Waals surface area contributed by atoms with Crippen LogP contribution < -0.4 is 19.5 Å². The average Bonchev–Trinajstić information content (AvgIpc) is 2.81. The third-order valence-electron chi connectivity index (χ3n) is 3.27. The predicted molar refractivity (Wildman–Crippen MR) is 81.4 cm³/mol. The maximum absolute atomic E-state index is 5.47. The van der Waals surface area contributed by atoms with Gasteiger partial charge in [0, 0.05) is 25.4 Å². The Balaban J connectivity index is 2.25. The van der Waals surface area contributed by atoms with Crippen LogP contribution in [-0.2, 0) is 13.6 Å². The smallest absolute Gasteiger partial charge is 0.203 e. The van der Waals surface area contributed by atoms with Crippen molar-refractivity contribution in [1.29, 1.82) is 0 Å². The Morgan fingerprint density at radius 1 is 1.10 bits per heavy atom. The molecule has 1 N–H and O–H groups in total. The van der Waals surface area contributed by atoms with Crippen LogP contribution in [0.4, 0.5) is 5.69 Å². The summed E-state index contributed by atoms with van der Waals surface area (Å²) in [4.78, 5) is 0. The second kappa shape index (κ2) is 6.39. The number of ether oxygens (including phenoxy) is 3. The first-order valence-electron chi connectivity index (χ1n) is 6.62. The first-order chi connectivity index (χ1) is 10.1. The first kappa shape index (κ1) is 15.0. The van der Waals surface area contributed by atoms with Gasteiger partial charge in [-0.15, -0.1) is 0 Å². The fraction of sp³-hybridized carbons (Fsp3) is 0.400. The molecule has 2 rings (SSSR count). The number of benzene rings is 1. The average molecular weight is 291 g/mol. The van der Waals surface area contributed by atoms with Gasteiger partial charge in [-0.25, -0.2) is 0 Å². The number of anilines is 1. The highest BCUT2D eigenvalue weighted by molar-refractivity contribution is 5.57. The molecule has 0 atom stereocenters. The van der Waals surface area contributed by atoms with Gasteiger partial charge in [-0.3, -0.25) is 4.68 Å². The number of nitrogens with one attached hydrogen (secondary N) is 1. The van der Waals surface area contributed by atoms with Crippen molar-refractivity contribution in [3.8, 4) is 17.2 Å². The first-order valence-corrected chi connectivity index (χ1v) is 6.62. The topological polar surface area (TPSA) is 57.5 Å². The summed E-state index contributed by atoms with van der Waals surface area (Å²) in [6.45, 7) is 2.57. The summed E-state index contributed by atoms with van der Waals surface area (Å²) >= 11 is 0. The largest absolute Gasteiger partial charge is 0.493 e. The van der Waals surface area contributed by atoms with E-state index in [9.17, 15) is 0 Å². The molecule has 0 saturated heterocycles. The molecule has 0 amide bonds. The Morgan fingerprint density at radius 3 is 2.33 bits per heavy atom. The van der Waals surface area contributed by atoms with Crippen molar-refractivity contribution in [3.63, 3.8) is 0 Å². The number of aryl methyl sites for hydroxylation is 2. The van der Waals surface area contributed by atoms with Crippen LogP contribution in [-0.4, -0.2) is 31.1 Å². The third-order valence-corrected chi connectivity index (χ3v) is 3.27. The second-order valence-electron chi connectivity index (χ2n) is 4.65. The quantitative estimate of drug-likeness (QED) is 0.885. The Kier molecular flexibility index (Phi) is 4.57. The van der Waals surface area contributed by atoms with Gasteiger partial charge in [0.1, 0.15) is 0 Å². The Hall–Kier alpha value is -2.37. The van der Waals surface area contributed by atoms with Crippen LogP contribution in [0.15, 0.2) is 18.3 Å². The minimum Gasteiger partial charge on any atom is -0.493 e. The molecule has 0 saturated carbocycles. The van der Waals surface area contributed by atoms with Crippen LogP contribution >= 0.6 is 0 Å². The van der Waals surface area contributed by atoms with E-state index in [1.807, 2.05) is 32.3 Å². The van der Waals surface area contributed by atoms with Gasteiger partial charge in [0.05, 0.1) is 32.7 Å². The zero-order chi connectivity index (χ0) is 15.4. The normalized spacial score (nSPS) is 10.3. The maximum atomic E-state index is 5.47. The van der Waals surface area contributed by atoms with Crippen LogP contribution in [0.2, 0.25) is 0 Å². The van der Waals surface area contributed by atoms with Crippen molar-refractivity contribution in [2.24, 2.45) is 7.05 Å². The minimum absolute atomic E-state index is 0.599. The number of hydrogen-bond donors (Lipinski definition) is 1. The summed E-state index contributed by atoms with van der Waals surface area (Å²) in [5.41, 5.74) is 2.93. The van der Waals surface area contributed by atoms with Gasteiger partial charge in [-0.1, -0.05) is 0 Å². The van der Waals surface area contributed by atoms with E-state index in [0.29, 0.717) is 23.8 Å². The molecule has 0 unspecified atom stereocenters. The van der Waals surface area contributed by atoms with Crippen LogP contribution in [0.5, 0.6) is 17.2 Å². The number of rotatable bonds is 6. The van der Waals surface area contributed by atoms with Crippen molar-refractivity contribution in [3.05, 3.63) is 29.6 Å². The molecule has 1 aromatic heterocycles. The molecular weight excluding hydrogens is 270 g/mol. The van der Waals surface area contributed by atoms with Crippen LogP contribution in [0.3, 0.4) is 0 Å². The van der Waals surface area contributed by atoms with Crippen molar-refractivity contribution in [2.45, 2.75) is 13.5 Å². The number of hydrogen-bond acceptors (Lipinski definition) is 5. The molecule has 0 radical (unpaired) electrons. The lowest BCUT2D eigenvalue weighted by molar-refractivity contribution is 0.322. The molecule has 1 heterocycles. The van der Waals surface area contributed by atoms with Crippen molar-refractivity contribution >= 4 is 5.69 Å². The summed E-state index contributed by atoms with van der Waals surface area (Å²) in [6, 6.07) is 3.83. The summed E-state index contributed by atoms with van der Waals surface area (Å²) in [7, 11) is 6.72. The van der Waals surface area contributed by atoms with Gasteiger partial charge in [-0.2, -0.15) is 5.10 Å². The van der Waals surface area contributed by atoms with E-state index in [0.717, 1.165) is 16.9 Å². The molecule has 0 aliphatic carbocycles. The van der Waals surface area contributed by atoms with Crippen molar-refractivity contribution in [2.75, 3.05) is 26.6 Å². The zero-order valence-corrected chi connectivity index (χ0v) is 13.1. The van der Waals surface area contributed by atoms with Gasteiger partial charge in [0.25, 0.3) is 0 Å². The Labute approximate surface area is 124 Å².